The number of nitrogens with zero attached hydrogens (tertiary/aromatic N) is 1. The van der Waals surface area contributed by atoms with E-state index in [1.165, 1.54) is 12.1 Å². The summed E-state index contributed by atoms with van der Waals surface area (Å²) in [7, 11) is 1.58. The predicted octanol–water partition coefficient (Wildman–Crippen LogP) is 4.38. The van der Waals surface area contributed by atoms with Gasteiger partial charge in [0.1, 0.15) is 30.0 Å². The molecule has 0 spiro atoms. The van der Waals surface area contributed by atoms with Crippen LogP contribution in [0.4, 0.5) is 4.39 Å². The average molecular weight is 467 g/mol. The quantitative estimate of drug-likeness (QED) is 0.614. The summed E-state index contributed by atoms with van der Waals surface area (Å²) in [4.78, 5) is 2.04. The molecule has 1 saturated heterocycles. The van der Waals surface area contributed by atoms with Crippen molar-refractivity contribution in [1.82, 2.24) is 4.90 Å². The van der Waals surface area contributed by atoms with Crippen LogP contribution in [0.2, 0.25) is 10.0 Å². The van der Waals surface area contributed by atoms with Gasteiger partial charge in [0.2, 0.25) is 0 Å². The lowest BCUT2D eigenvalue weighted by Gasteiger charge is -2.34. The van der Waals surface area contributed by atoms with Gasteiger partial charge in [-0.05, 0) is 24.3 Å². The molecule has 3 rings (SSSR count). The van der Waals surface area contributed by atoms with Crippen LogP contribution in [-0.4, -0.2) is 56.1 Å². The number of β-amino-alcohol motifs (C(OH)–C–C–N with tert-alkyl or cyclic N) is 1. The first kappa shape index (κ1) is 24.0. The normalized spacial score (nSPS) is 18.0. The van der Waals surface area contributed by atoms with Crippen LogP contribution in [-0.2, 0) is 4.74 Å². The lowest BCUT2D eigenvalue weighted by atomic mass is 10.1. The summed E-state index contributed by atoms with van der Waals surface area (Å²) in [6.07, 6.45) is -1.08. The van der Waals surface area contributed by atoms with E-state index in [-0.39, 0.29) is 30.1 Å². The number of hydrogen-bond acceptors (Lipinski definition) is 5. The highest BCUT2D eigenvalue weighted by atomic mass is 35.5. The summed E-state index contributed by atoms with van der Waals surface area (Å²) in [5.74, 6) is 0.783. The average Bonchev–Trinajstić information content (AvgIpc) is 2.69. The fourth-order valence-corrected chi connectivity index (χ4v) is 3.58. The van der Waals surface area contributed by atoms with Crippen LogP contribution in [0, 0.1) is 5.82 Å². The Hall–Kier alpha value is -1.28. The number of halogens is 4. The van der Waals surface area contributed by atoms with Crippen LogP contribution in [0.3, 0.4) is 0 Å². The molecule has 1 aliphatic rings. The molecular weight excluding hydrogens is 444 g/mol. The molecule has 1 heterocycles. The van der Waals surface area contributed by atoms with Crippen LogP contribution in [0.25, 0.3) is 0 Å². The zero-order chi connectivity index (χ0) is 20.1. The highest BCUT2D eigenvalue weighted by molar-refractivity contribution is 6.35. The van der Waals surface area contributed by atoms with Gasteiger partial charge in [0.05, 0.1) is 24.8 Å². The van der Waals surface area contributed by atoms with Gasteiger partial charge in [-0.1, -0.05) is 29.3 Å². The Morgan fingerprint density at radius 2 is 2.00 bits per heavy atom. The number of benzene rings is 2. The second-order valence-corrected chi connectivity index (χ2v) is 7.37. The van der Waals surface area contributed by atoms with Gasteiger partial charge in [-0.2, -0.15) is 0 Å². The minimum absolute atomic E-state index is 0. The van der Waals surface area contributed by atoms with Gasteiger partial charge in [-0.15, -0.1) is 12.4 Å². The maximum Gasteiger partial charge on any atom is 0.142 e. The Morgan fingerprint density at radius 3 is 2.76 bits per heavy atom. The van der Waals surface area contributed by atoms with Crippen molar-refractivity contribution < 1.29 is 23.7 Å². The lowest BCUT2D eigenvalue weighted by Crippen LogP contribution is -2.43. The van der Waals surface area contributed by atoms with Gasteiger partial charge in [0.25, 0.3) is 0 Å². The van der Waals surface area contributed by atoms with Crippen molar-refractivity contribution in [3.63, 3.8) is 0 Å². The van der Waals surface area contributed by atoms with Crippen molar-refractivity contribution in [2.75, 3.05) is 40.0 Å². The standard InChI is InChI=1S/C20H22Cl2FNO4.ClH/c1-26-14-3-2-4-15(7-14)28-12-13(25)10-24-5-6-27-20(11-24)16-8-19(23)18(22)9-17(16)21;/h2-4,7-9,13,20,25H,5-6,10-12H2,1H3;1H. The van der Waals surface area contributed by atoms with E-state index in [4.69, 9.17) is 37.4 Å². The van der Waals surface area contributed by atoms with Crippen LogP contribution in [0.1, 0.15) is 11.7 Å². The molecule has 0 aliphatic carbocycles. The maximum atomic E-state index is 13.8. The van der Waals surface area contributed by atoms with Crippen molar-refractivity contribution in [3.05, 3.63) is 57.8 Å². The Kier molecular flexibility index (Phi) is 9.27. The maximum absolute atomic E-state index is 13.8. The summed E-state index contributed by atoms with van der Waals surface area (Å²) >= 11 is 12.0. The summed E-state index contributed by atoms with van der Waals surface area (Å²) in [5, 5.41) is 10.7. The minimum atomic E-state index is -0.692. The monoisotopic (exact) mass is 465 g/mol. The van der Waals surface area contributed by atoms with E-state index >= 15 is 0 Å². The second kappa shape index (κ2) is 11.2. The zero-order valence-electron chi connectivity index (χ0n) is 15.8. The Bertz CT molecular complexity index is 811. The van der Waals surface area contributed by atoms with Crippen LogP contribution < -0.4 is 9.47 Å². The fourth-order valence-electron chi connectivity index (χ4n) is 3.08. The molecule has 9 heteroatoms. The SMILES string of the molecule is COc1cccc(OCC(O)CN2CCOC(c3cc(F)c(Cl)cc3Cl)C2)c1.Cl. The van der Waals surface area contributed by atoms with E-state index in [1.807, 2.05) is 17.0 Å². The van der Waals surface area contributed by atoms with Gasteiger partial charge >= 0.3 is 0 Å². The number of aliphatic hydroxyl groups excluding tert-OH is 1. The largest absolute Gasteiger partial charge is 0.497 e. The van der Waals surface area contributed by atoms with Crippen molar-refractivity contribution in [3.8, 4) is 11.5 Å². The molecule has 1 aliphatic heterocycles. The number of hydrogen-bond donors (Lipinski definition) is 1. The molecule has 0 aromatic heterocycles. The lowest BCUT2D eigenvalue weighted by molar-refractivity contribution is -0.0460. The van der Waals surface area contributed by atoms with Crippen LogP contribution >= 0.6 is 35.6 Å². The van der Waals surface area contributed by atoms with Crippen molar-refractivity contribution in [2.24, 2.45) is 0 Å². The molecule has 0 saturated carbocycles. The Labute approximate surface area is 185 Å². The third-order valence-corrected chi connectivity index (χ3v) is 5.11. The molecule has 2 aromatic carbocycles. The topological polar surface area (TPSA) is 51.2 Å². The third kappa shape index (κ3) is 6.60. The molecular formula is C20H23Cl3FNO4. The molecule has 5 nitrogen and oxygen atoms in total. The number of ether oxygens (including phenoxy) is 3. The molecule has 2 atom stereocenters. The first-order valence-corrected chi connectivity index (χ1v) is 9.65. The van der Waals surface area contributed by atoms with Gasteiger partial charge in [-0.25, -0.2) is 4.39 Å². The van der Waals surface area contributed by atoms with Crippen LogP contribution in [0.5, 0.6) is 11.5 Å². The van der Waals surface area contributed by atoms with E-state index in [0.29, 0.717) is 48.3 Å². The summed E-state index contributed by atoms with van der Waals surface area (Å²) in [6, 6.07) is 9.89. The highest BCUT2D eigenvalue weighted by Gasteiger charge is 2.26. The summed E-state index contributed by atoms with van der Waals surface area (Å²) < 4.78 is 30.3. The molecule has 0 bridgehead atoms. The van der Waals surface area contributed by atoms with Crippen molar-refractivity contribution in [1.29, 1.82) is 0 Å². The minimum Gasteiger partial charge on any atom is -0.497 e. The van der Waals surface area contributed by atoms with E-state index < -0.39 is 11.9 Å². The van der Waals surface area contributed by atoms with Gasteiger partial charge in [0, 0.05) is 36.3 Å². The third-order valence-electron chi connectivity index (χ3n) is 4.49. The number of rotatable bonds is 7. The van der Waals surface area contributed by atoms with E-state index in [0.717, 1.165) is 0 Å². The predicted molar refractivity (Wildman–Crippen MR) is 113 cm³/mol. The Morgan fingerprint density at radius 1 is 1.24 bits per heavy atom. The Balaban J connectivity index is 0.00000300. The molecule has 2 aromatic rings. The van der Waals surface area contributed by atoms with Gasteiger partial charge < -0.3 is 19.3 Å². The molecule has 160 valence electrons. The molecule has 1 N–H and O–H groups in total. The molecule has 29 heavy (non-hydrogen) atoms. The van der Waals surface area contributed by atoms with E-state index in [9.17, 15) is 9.50 Å². The number of aliphatic hydroxyl groups is 1. The molecule has 2 unspecified atom stereocenters. The first-order valence-electron chi connectivity index (χ1n) is 8.89. The summed E-state index contributed by atoms with van der Waals surface area (Å²) in [5.41, 5.74) is 0.551. The second-order valence-electron chi connectivity index (χ2n) is 6.55. The zero-order valence-corrected chi connectivity index (χ0v) is 18.1. The van der Waals surface area contributed by atoms with Crippen LogP contribution in [0.15, 0.2) is 36.4 Å². The van der Waals surface area contributed by atoms with Crippen molar-refractivity contribution in [2.45, 2.75) is 12.2 Å². The van der Waals surface area contributed by atoms with Gasteiger partial charge in [0.15, 0.2) is 0 Å². The number of methoxy groups -OCH3 is 1. The highest BCUT2D eigenvalue weighted by Crippen LogP contribution is 2.32. The first-order chi connectivity index (χ1) is 13.5. The smallest absolute Gasteiger partial charge is 0.142 e. The summed E-state index contributed by atoms with van der Waals surface area (Å²) in [6.45, 7) is 2.13. The molecule has 1 fully saturated rings. The molecule has 0 radical (unpaired) electrons. The van der Waals surface area contributed by atoms with Crippen molar-refractivity contribution >= 4 is 35.6 Å². The van der Waals surface area contributed by atoms with E-state index in [2.05, 4.69) is 0 Å². The van der Waals surface area contributed by atoms with Gasteiger partial charge in [-0.3, -0.25) is 4.90 Å². The van der Waals surface area contributed by atoms with E-state index in [1.54, 1.807) is 19.2 Å². The number of morpholine rings is 1. The molecule has 0 amide bonds. The fraction of sp³-hybridized carbons (Fsp3) is 0.400.